The molecule has 0 atom stereocenters. The van der Waals surface area contributed by atoms with Crippen molar-refractivity contribution in [3.63, 3.8) is 0 Å². The van der Waals surface area contributed by atoms with Gasteiger partial charge in [0, 0.05) is 49.5 Å². The molecule has 27 heavy (non-hydrogen) atoms. The van der Waals surface area contributed by atoms with Gasteiger partial charge in [-0.3, -0.25) is 4.98 Å². The van der Waals surface area contributed by atoms with E-state index in [9.17, 15) is 0 Å². The van der Waals surface area contributed by atoms with Crippen molar-refractivity contribution in [3.8, 4) is 16.9 Å². The molecule has 4 rings (SSSR count). The third kappa shape index (κ3) is 5.02. The third-order valence-corrected chi connectivity index (χ3v) is 4.77. The van der Waals surface area contributed by atoms with Gasteiger partial charge >= 0.3 is 0 Å². The molecule has 0 saturated heterocycles. The van der Waals surface area contributed by atoms with Crippen molar-refractivity contribution in [1.82, 2.24) is 20.1 Å². The first-order valence-electron chi connectivity index (χ1n) is 9.73. The molecule has 1 N–H and O–H groups in total. The van der Waals surface area contributed by atoms with Crippen LogP contribution in [0, 0.1) is 5.92 Å². The maximum Gasteiger partial charge on any atom is 0.0973 e. The normalized spacial score (nSPS) is 13.8. The topological polar surface area (TPSA) is 52.0 Å². The number of ether oxygens (including phenoxy) is 1. The van der Waals surface area contributed by atoms with E-state index in [4.69, 9.17) is 9.84 Å². The minimum atomic E-state index is 0.785. The van der Waals surface area contributed by atoms with Crippen LogP contribution in [0.25, 0.3) is 16.9 Å². The molecule has 0 unspecified atom stereocenters. The molecule has 0 bridgehead atoms. The summed E-state index contributed by atoms with van der Waals surface area (Å²) in [4.78, 5) is 4.12. The van der Waals surface area contributed by atoms with Crippen LogP contribution in [0.4, 0.5) is 0 Å². The standard InChI is InChI=1S/C22H26N4O/c1-2-5-21(6-3-1)26-16-20(22(25-26)19-9-12-23-13-10-19)15-24-11-4-14-27-17-18-7-8-18/h1-3,5-6,9-10,12-13,16,18,24H,4,7-8,11,14-15,17H2. The highest BCUT2D eigenvalue weighted by molar-refractivity contribution is 5.62. The van der Waals surface area contributed by atoms with Crippen molar-refractivity contribution in [2.45, 2.75) is 25.8 Å². The smallest absolute Gasteiger partial charge is 0.0973 e. The molecule has 1 saturated carbocycles. The summed E-state index contributed by atoms with van der Waals surface area (Å²) in [7, 11) is 0. The molecule has 1 fully saturated rings. The minimum Gasteiger partial charge on any atom is -0.381 e. The van der Waals surface area contributed by atoms with Crippen LogP contribution in [0.15, 0.2) is 61.1 Å². The summed E-state index contributed by atoms with van der Waals surface area (Å²) >= 11 is 0. The molecule has 0 aliphatic heterocycles. The molecule has 5 nitrogen and oxygen atoms in total. The summed E-state index contributed by atoms with van der Waals surface area (Å²) in [5, 5.41) is 8.36. The molecule has 3 aromatic rings. The van der Waals surface area contributed by atoms with Crippen molar-refractivity contribution >= 4 is 0 Å². The lowest BCUT2D eigenvalue weighted by atomic mass is 10.1. The van der Waals surface area contributed by atoms with Gasteiger partial charge in [0.15, 0.2) is 0 Å². The average Bonchev–Trinajstić information content (AvgIpc) is 3.45. The number of para-hydroxylation sites is 1. The largest absolute Gasteiger partial charge is 0.381 e. The number of rotatable bonds is 10. The first-order valence-corrected chi connectivity index (χ1v) is 9.73. The number of hydrogen-bond acceptors (Lipinski definition) is 4. The zero-order chi connectivity index (χ0) is 18.3. The van der Waals surface area contributed by atoms with E-state index in [0.29, 0.717) is 0 Å². The highest BCUT2D eigenvalue weighted by Gasteiger charge is 2.20. The molecule has 2 aromatic heterocycles. The van der Waals surface area contributed by atoms with Crippen molar-refractivity contribution in [2.75, 3.05) is 19.8 Å². The van der Waals surface area contributed by atoms with Crippen LogP contribution in [-0.4, -0.2) is 34.5 Å². The van der Waals surface area contributed by atoms with Gasteiger partial charge in [0.1, 0.15) is 0 Å². The highest BCUT2D eigenvalue weighted by atomic mass is 16.5. The first-order chi connectivity index (χ1) is 13.4. The Balaban J connectivity index is 1.39. The van der Waals surface area contributed by atoms with Gasteiger partial charge in [0.2, 0.25) is 0 Å². The number of nitrogens with zero attached hydrogens (tertiary/aromatic N) is 3. The van der Waals surface area contributed by atoms with E-state index in [2.05, 4.69) is 28.6 Å². The van der Waals surface area contributed by atoms with E-state index in [1.807, 2.05) is 47.4 Å². The van der Waals surface area contributed by atoms with Gasteiger partial charge in [0.05, 0.1) is 11.4 Å². The summed E-state index contributed by atoms with van der Waals surface area (Å²) in [5.74, 6) is 0.838. The Morgan fingerprint density at radius 2 is 1.89 bits per heavy atom. The predicted molar refractivity (Wildman–Crippen MR) is 107 cm³/mol. The SMILES string of the molecule is c1ccc(-n2cc(CNCCCOCC3CC3)c(-c3ccncc3)n2)cc1. The molecule has 5 heteroatoms. The fourth-order valence-electron chi connectivity index (χ4n) is 3.06. The number of nitrogens with one attached hydrogen (secondary N) is 1. The summed E-state index contributed by atoms with van der Waals surface area (Å²) in [6, 6.07) is 14.2. The molecule has 0 amide bonds. The van der Waals surface area contributed by atoms with Gasteiger partial charge in [0.25, 0.3) is 0 Å². The summed E-state index contributed by atoms with van der Waals surface area (Å²) in [5.41, 5.74) is 4.33. The molecule has 2 heterocycles. The van der Waals surface area contributed by atoms with E-state index in [-0.39, 0.29) is 0 Å². The Morgan fingerprint density at radius 3 is 2.67 bits per heavy atom. The second-order valence-corrected chi connectivity index (χ2v) is 7.07. The molecule has 0 radical (unpaired) electrons. The fraction of sp³-hybridized carbons (Fsp3) is 0.364. The summed E-state index contributed by atoms with van der Waals surface area (Å²) < 4.78 is 7.65. The zero-order valence-electron chi connectivity index (χ0n) is 15.6. The van der Waals surface area contributed by atoms with Crippen LogP contribution in [-0.2, 0) is 11.3 Å². The van der Waals surface area contributed by atoms with Crippen LogP contribution in [0.5, 0.6) is 0 Å². The Kier molecular flexibility index (Phi) is 5.92. The quantitative estimate of drug-likeness (QED) is 0.557. The molecule has 0 spiro atoms. The van der Waals surface area contributed by atoms with Gasteiger partial charge < -0.3 is 10.1 Å². The van der Waals surface area contributed by atoms with Crippen LogP contribution in [0.3, 0.4) is 0 Å². The lowest BCUT2D eigenvalue weighted by molar-refractivity contribution is 0.122. The van der Waals surface area contributed by atoms with Crippen LogP contribution in [0.1, 0.15) is 24.8 Å². The van der Waals surface area contributed by atoms with Gasteiger partial charge in [-0.25, -0.2) is 4.68 Å². The Bertz CT molecular complexity index is 828. The number of hydrogen-bond donors (Lipinski definition) is 1. The highest BCUT2D eigenvalue weighted by Crippen LogP contribution is 2.28. The van der Waals surface area contributed by atoms with Crippen molar-refractivity contribution < 1.29 is 4.74 Å². The van der Waals surface area contributed by atoms with Crippen molar-refractivity contribution in [3.05, 3.63) is 66.6 Å². The Labute approximate surface area is 160 Å². The van der Waals surface area contributed by atoms with Crippen molar-refractivity contribution in [1.29, 1.82) is 0 Å². The number of pyridine rings is 1. The van der Waals surface area contributed by atoms with Crippen LogP contribution >= 0.6 is 0 Å². The Morgan fingerprint density at radius 1 is 1.07 bits per heavy atom. The lowest BCUT2D eigenvalue weighted by Gasteiger charge is -2.06. The molecule has 1 aromatic carbocycles. The summed E-state index contributed by atoms with van der Waals surface area (Å²) in [6.07, 6.45) is 9.46. The van der Waals surface area contributed by atoms with Gasteiger partial charge in [-0.2, -0.15) is 5.10 Å². The maximum atomic E-state index is 5.70. The molecule has 1 aliphatic carbocycles. The second kappa shape index (κ2) is 8.93. The first kappa shape index (κ1) is 17.9. The van der Waals surface area contributed by atoms with Gasteiger partial charge in [-0.05, 0) is 56.0 Å². The maximum absolute atomic E-state index is 5.70. The lowest BCUT2D eigenvalue weighted by Crippen LogP contribution is -2.16. The molecular formula is C22H26N4O. The monoisotopic (exact) mass is 362 g/mol. The molecule has 140 valence electrons. The Hall–Kier alpha value is -2.50. The fourth-order valence-corrected chi connectivity index (χ4v) is 3.06. The second-order valence-electron chi connectivity index (χ2n) is 7.07. The number of aromatic nitrogens is 3. The third-order valence-electron chi connectivity index (χ3n) is 4.77. The predicted octanol–water partition coefficient (Wildman–Crippen LogP) is 3.84. The van der Waals surface area contributed by atoms with E-state index < -0.39 is 0 Å². The van der Waals surface area contributed by atoms with E-state index in [1.54, 1.807) is 0 Å². The average molecular weight is 362 g/mol. The van der Waals surface area contributed by atoms with Crippen LogP contribution < -0.4 is 5.32 Å². The van der Waals surface area contributed by atoms with E-state index in [0.717, 1.165) is 55.6 Å². The minimum absolute atomic E-state index is 0.785. The molecular weight excluding hydrogens is 336 g/mol. The zero-order valence-corrected chi connectivity index (χ0v) is 15.6. The van der Waals surface area contributed by atoms with Gasteiger partial charge in [-0.1, -0.05) is 18.2 Å². The molecule has 1 aliphatic rings. The van der Waals surface area contributed by atoms with Crippen molar-refractivity contribution in [2.24, 2.45) is 5.92 Å². The van der Waals surface area contributed by atoms with Crippen LogP contribution in [0.2, 0.25) is 0 Å². The number of benzene rings is 1. The summed E-state index contributed by atoms with van der Waals surface area (Å²) in [6.45, 7) is 3.50. The van der Waals surface area contributed by atoms with E-state index >= 15 is 0 Å². The van der Waals surface area contributed by atoms with Gasteiger partial charge in [-0.15, -0.1) is 0 Å². The van der Waals surface area contributed by atoms with E-state index in [1.165, 1.54) is 18.4 Å².